The van der Waals surface area contributed by atoms with Crippen LogP contribution in [0.25, 0.3) is 0 Å². The van der Waals surface area contributed by atoms with Crippen molar-refractivity contribution in [2.75, 3.05) is 7.05 Å². The summed E-state index contributed by atoms with van der Waals surface area (Å²) in [5, 5.41) is 2.56. The standard InChI is InChI=1S/C9H16N2O2/c1-5-3-6(8(10)12)7(4-5)9(13)11-2/h5-7H,3-4H2,1-2H3,(H2,10,12)(H,11,13)/t5?,6-,7?/m0/s1/i/hD. The van der Waals surface area contributed by atoms with Crippen LogP contribution < -0.4 is 11.0 Å². The van der Waals surface area contributed by atoms with Gasteiger partial charge in [-0.05, 0) is 18.8 Å². The maximum atomic E-state index is 11.4. The summed E-state index contributed by atoms with van der Waals surface area (Å²) in [5.41, 5.74) is 1.87. The molecule has 0 saturated heterocycles. The zero-order valence-electron chi connectivity index (χ0n) is 8.96. The average Bonchev–Trinajstić information content (AvgIpc) is 2.58. The van der Waals surface area contributed by atoms with Gasteiger partial charge in [0, 0.05) is 18.9 Å². The van der Waals surface area contributed by atoms with Crippen molar-refractivity contribution in [3.8, 4) is 0 Å². The van der Waals surface area contributed by atoms with Crippen molar-refractivity contribution in [2.24, 2.45) is 23.5 Å². The molecular formula is C9H16N2O2. The fraction of sp³-hybridized carbons (Fsp3) is 0.778. The summed E-state index contributed by atoms with van der Waals surface area (Å²) in [5.74, 6) is -0.659. The van der Waals surface area contributed by atoms with Crippen LogP contribution in [-0.4, -0.2) is 18.9 Å². The fourth-order valence-electron chi connectivity index (χ4n) is 2.06. The number of hydrogen-bond acceptors (Lipinski definition) is 2. The van der Waals surface area contributed by atoms with Crippen molar-refractivity contribution in [3.63, 3.8) is 0 Å². The summed E-state index contributed by atoms with van der Waals surface area (Å²) < 4.78 is 6.80. The number of primary amides is 1. The summed E-state index contributed by atoms with van der Waals surface area (Å²) in [6, 6.07) is 0. The van der Waals surface area contributed by atoms with E-state index in [9.17, 15) is 9.59 Å². The molecule has 13 heavy (non-hydrogen) atoms. The first-order chi connectivity index (χ1) is 6.60. The van der Waals surface area contributed by atoms with E-state index in [0.29, 0.717) is 12.3 Å². The molecule has 0 radical (unpaired) electrons. The Kier molecular flexibility index (Phi) is 2.47. The third kappa shape index (κ3) is 1.99. The molecule has 1 aliphatic carbocycles. The second-order valence-corrected chi connectivity index (χ2v) is 3.77. The number of nitrogens with two attached hydrogens (primary N) is 1. The van der Waals surface area contributed by atoms with Gasteiger partial charge in [0.15, 0.2) is 1.41 Å². The molecule has 2 unspecified atom stereocenters. The minimum Gasteiger partial charge on any atom is -0.369 e. The van der Waals surface area contributed by atoms with Crippen LogP contribution in [0.4, 0.5) is 0 Å². The number of carbonyl (C=O) groups excluding carboxylic acids is 2. The SMILES string of the molecule is [2H]NC(=O)[C@H]1CC(C)CC1C(=O)NC. The molecule has 0 aromatic rings. The zero-order chi connectivity index (χ0) is 10.7. The molecule has 0 spiro atoms. The van der Waals surface area contributed by atoms with Gasteiger partial charge in [-0.15, -0.1) is 0 Å². The topological polar surface area (TPSA) is 72.2 Å². The molecule has 0 aromatic carbocycles. The summed E-state index contributed by atoms with van der Waals surface area (Å²) >= 11 is 0. The molecule has 1 aliphatic rings. The van der Waals surface area contributed by atoms with Crippen molar-refractivity contribution >= 4 is 11.8 Å². The minimum atomic E-state index is -0.344. The van der Waals surface area contributed by atoms with Crippen LogP contribution >= 0.6 is 0 Å². The number of amides is 2. The third-order valence-electron chi connectivity index (χ3n) is 2.72. The predicted molar refractivity (Wildman–Crippen MR) is 48.6 cm³/mol. The average molecular weight is 185 g/mol. The normalized spacial score (nSPS) is 33.7. The van der Waals surface area contributed by atoms with Crippen molar-refractivity contribution < 1.29 is 11.0 Å². The van der Waals surface area contributed by atoms with Gasteiger partial charge in [0.05, 0.1) is 0 Å². The van der Waals surface area contributed by atoms with Gasteiger partial charge in [-0.3, -0.25) is 9.59 Å². The maximum Gasteiger partial charge on any atom is 0.223 e. The molecule has 0 aromatic heterocycles. The molecular weight excluding hydrogens is 168 g/mol. The highest BCUT2D eigenvalue weighted by atomic mass is 16.2. The Labute approximate surface area is 79.3 Å². The highest BCUT2D eigenvalue weighted by Crippen LogP contribution is 2.35. The number of hydrogen-bond donors (Lipinski definition) is 2. The van der Waals surface area contributed by atoms with E-state index in [2.05, 4.69) is 5.32 Å². The van der Waals surface area contributed by atoms with E-state index in [-0.39, 0.29) is 23.7 Å². The molecule has 4 nitrogen and oxygen atoms in total. The van der Waals surface area contributed by atoms with Gasteiger partial charge in [-0.1, -0.05) is 6.92 Å². The maximum absolute atomic E-state index is 11.4. The van der Waals surface area contributed by atoms with E-state index in [1.165, 1.54) is 0 Å². The molecule has 3 N–H and O–H groups in total. The largest absolute Gasteiger partial charge is 0.369 e. The van der Waals surface area contributed by atoms with Gasteiger partial charge in [-0.25, -0.2) is 0 Å². The fourth-order valence-corrected chi connectivity index (χ4v) is 2.06. The van der Waals surface area contributed by atoms with E-state index in [1.807, 2.05) is 12.7 Å². The van der Waals surface area contributed by atoms with Crippen LogP contribution in [0.1, 0.15) is 19.8 Å². The summed E-state index contributed by atoms with van der Waals surface area (Å²) in [6.07, 6.45) is 1.43. The van der Waals surface area contributed by atoms with Crippen LogP contribution in [0, 0.1) is 17.8 Å². The Morgan fingerprint density at radius 2 is 2.08 bits per heavy atom. The van der Waals surface area contributed by atoms with Gasteiger partial charge >= 0.3 is 0 Å². The van der Waals surface area contributed by atoms with Gasteiger partial charge in [-0.2, -0.15) is 0 Å². The Hall–Kier alpha value is -1.06. The third-order valence-corrected chi connectivity index (χ3v) is 2.72. The van der Waals surface area contributed by atoms with Crippen molar-refractivity contribution in [1.82, 2.24) is 5.32 Å². The van der Waals surface area contributed by atoms with E-state index in [4.69, 9.17) is 1.41 Å². The predicted octanol–water partition coefficient (Wildman–Crippen LogP) is -0.120. The Morgan fingerprint density at radius 3 is 2.62 bits per heavy atom. The Bertz CT molecular complexity index is 221. The van der Waals surface area contributed by atoms with E-state index in [0.717, 1.165) is 6.42 Å². The van der Waals surface area contributed by atoms with Gasteiger partial charge in [0.25, 0.3) is 0 Å². The first-order valence-electron chi connectivity index (χ1n) is 5.03. The van der Waals surface area contributed by atoms with Crippen LogP contribution in [0.2, 0.25) is 1.41 Å². The summed E-state index contributed by atoms with van der Waals surface area (Å²) in [6.45, 7) is 2.02. The molecule has 3 atom stereocenters. The monoisotopic (exact) mass is 185 g/mol. The minimum absolute atomic E-state index is 0.0945. The van der Waals surface area contributed by atoms with Crippen LogP contribution in [-0.2, 0) is 9.59 Å². The lowest BCUT2D eigenvalue weighted by Crippen LogP contribution is -2.35. The first kappa shape index (κ1) is 8.53. The Morgan fingerprint density at radius 1 is 1.46 bits per heavy atom. The van der Waals surface area contributed by atoms with E-state index >= 15 is 0 Å². The van der Waals surface area contributed by atoms with Gasteiger partial charge < -0.3 is 11.0 Å². The lowest BCUT2D eigenvalue weighted by molar-refractivity contribution is -0.131. The molecule has 4 heteroatoms. The van der Waals surface area contributed by atoms with Crippen LogP contribution in [0.5, 0.6) is 0 Å². The highest BCUT2D eigenvalue weighted by Gasteiger charge is 2.39. The number of rotatable bonds is 2. The quantitative estimate of drug-likeness (QED) is 0.629. The lowest BCUT2D eigenvalue weighted by atomic mass is 9.95. The number of nitrogens with one attached hydrogen (secondary N) is 1. The molecule has 1 rings (SSSR count). The molecule has 74 valence electrons. The number of carbonyl (C=O) groups is 2. The second-order valence-electron chi connectivity index (χ2n) is 3.77. The molecule has 2 amide bonds. The summed E-state index contributed by atoms with van der Waals surface area (Å²) in [7, 11) is 1.57. The van der Waals surface area contributed by atoms with Gasteiger partial charge in [0.1, 0.15) is 0 Å². The highest BCUT2D eigenvalue weighted by molar-refractivity contribution is 5.87. The van der Waals surface area contributed by atoms with Gasteiger partial charge in [0.2, 0.25) is 11.8 Å². The molecule has 1 saturated carbocycles. The van der Waals surface area contributed by atoms with Crippen LogP contribution in [0.3, 0.4) is 0 Å². The van der Waals surface area contributed by atoms with Crippen molar-refractivity contribution in [3.05, 3.63) is 0 Å². The lowest BCUT2D eigenvalue weighted by Gasteiger charge is -2.13. The zero-order valence-corrected chi connectivity index (χ0v) is 7.96. The molecule has 1 fully saturated rings. The molecule has 0 aliphatic heterocycles. The molecule has 0 bridgehead atoms. The smallest absolute Gasteiger partial charge is 0.223 e. The van der Waals surface area contributed by atoms with E-state index < -0.39 is 0 Å². The van der Waals surface area contributed by atoms with Crippen LogP contribution in [0.15, 0.2) is 0 Å². The Balaban J connectivity index is 2.72. The summed E-state index contributed by atoms with van der Waals surface area (Å²) in [4.78, 5) is 22.7. The van der Waals surface area contributed by atoms with Crippen molar-refractivity contribution in [1.29, 1.82) is 0 Å². The van der Waals surface area contributed by atoms with Crippen molar-refractivity contribution in [2.45, 2.75) is 19.8 Å². The molecule has 0 heterocycles. The second kappa shape index (κ2) is 3.77. The first-order valence-corrected chi connectivity index (χ1v) is 4.53. The van der Waals surface area contributed by atoms with E-state index in [1.54, 1.807) is 7.05 Å².